The topological polar surface area (TPSA) is 35.2 Å². The van der Waals surface area contributed by atoms with Gasteiger partial charge in [0.25, 0.3) is 0 Å². The number of hydrogen-bond acceptors (Lipinski definition) is 2. The van der Waals surface area contributed by atoms with Crippen molar-refractivity contribution in [3.63, 3.8) is 0 Å². The highest BCUT2D eigenvalue weighted by Gasteiger charge is 2.24. The predicted molar refractivity (Wildman–Crippen MR) is 93.8 cm³/mol. The van der Waals surface area contributed by atoms with Crippen molar-refractivity contribution in [2.24, 2.45) is 5.73 Å². The largest absolute Gasteiger partial charge is 0.494 e. The first-order valence-electron chi connectivity index (χ1n) is 7.70. The van der Waals surface area contributed by atoms with Crippen LogP contribution in [0.2, 0.25) is 5.02 Å². The highest BCUT2D eigenvalue weighted by molar-refractivity contribution is 6.31. The van der Waals surface area contributed by atoms with Crippen molar-refractivity contribution in [3.05, 3.63) is 64.7 Å². The van der Waals surface area contributed by atoms with Gasteiger partial charge in [-0.05, 0) is 49.1 Å². The maximum absolute atomic E-state index is 6.02. The first-order valence-corrected chi connectivity index (χ1v) is 8.07. The van der Waals surface area contributed by atoms with Crippen LogP contribution in [0, 0.1) is 6.92 Å². The number of ether oxygens (including phenoxy) is 1. The summed E-state index contributed by atoms with van der Waals surface area (Å²) in [5, 5.41) is 0.770. The van der Waals surface area contributed by atoms with Gasteiger partial charge in [0.15, 0.2) is 0 Å². The molecule has 0 saturated heterocycles. The van der Waals surface area contributed by atoms with Gasteiger partial charge in [-0.15, -0.1) is 0 Å². The monoisotopic (exact) mass is 317 g/mol. The highest BCUT2D eigenvalue weighted by atomic mass is 35.5. The zero-order valence-corrected chi connectivity index (χ0v) is 14.1. The number of nitrogens with two attached hydrogens (primary N) is 1. The molecule has 2 N–H and O–H groups in total. The molecule has 2 aromatic carbocycles. The van der Waals surface area contributed by atoms with Gasteiger partial charge in [-0.3, -0.25) is 0 Å². The minimum Gasteiger partial charge on any atom is -0.494 e. The van der Waals surface area contributed by atoms with Crippen molar-refractivity contribution in [3.8, 4) is 5.75 Å². The summed E-state index contributed by atoms with van der Waals surface area (Å²) in [6.45, 7) is 5.52. The van der Waals surface area contributed by atoms with E-state index in [1.54, 1.807) is 0 Å². The normalized spacial score (nSPS) is 13.6. The lowest BCUT2D eigenvalue weighted by molar-refractivity contribution is 0.285. The molecule has 2 rings (SSSR count). The van der Waals surface area contributed by atoms with Crippen LogP contribution in [0.1, 0.15) is 30.9 Å². The second-order valence-corrected chi connectivity index (χ2v) is 6.40. The average Bonchev–Trinajstić information content (AvgIpc) is 2.55. The summed E-state index contributed by atoms with van der Waals surface area (Å²) in [5.41, 5.74) is 8.34. The first-order chi connectivity index (χ1) is 10.5. The molecular formula is C19H24ClNO. The molecule has 2 aromatic rings. The van der Waals surface area contributed by atoms with E-state index < -0.39 is 0 Å². The molecule has 1 atom stereocenters. The molecule has 3 heteroatoms. The first kappa shape index (κ1) is 16.9. The quantitative estimate of drug-likeness (QED) is 0.750. The van der Waals surface area contributed by atoms with Crippen molar-refractivity contribution in [1.29, 1.82) is 0 Å². The van der Waals surface area contributed by atoms with Gasteiger partial charge in [0.2, 0.25) is 0 Å². The molecule has 0 aliphatic rings. The van der Waals surface area contributed by atoms with Crippen LogP contribution in [-0.2, 0) is 5.41 Å². The van der Waals surface area contributed by atoms with E-state index in [0.717, 1.165) is 29.2 Å². The minimum absolute atomic E-state index is 0.000528. The fourth-order valence-electron chi connectivity index (χ4n) is 2.56. The second kappa shape index (κ2) is 7.66. The number of hydrogen-bond donors (Lipinski definition) is 1. The van der Waals surface area contributed by atoms with Crippen LogP contribution in [0.25, 0.3) is 0 Å². The summed E-state index contributed by atoms with van der Waals surface area (Å²) >= 11 is 6.02. The molecule has 0 spiro atoms. The third kappa shape index (κ3) is 4.25. The number of halogens is 1. The van der Waals surface area contributed by atoms with Crippen LogP contribution in [0.15, 0.2) is 48.5 Å². The van der Waals surface area contributed by atoms with Gasteiger partial charge in [0.1, 0.15) is 5.75 Å². The van der Waals surface area contributed by atoms with Gasteiger partial charge < -0.3 is 10.5 Å². The molecule has 0 heterocycles. The van der Waals surface area contributed by atoms with E-state index >= 15 is 0 Å². The summed E-state index contributed by atoms with van der Waals surface area (Å²) in [7, 11) is 0. The minimum atomic E-state index is 0.000528. The van der Waals surface area contributed by atoms with E-state index in [1.165, 1.54) is 5.56 Å². The SMILES string of the molecule is Cc1cc(OCCCC(C)(CN)c2ccccc2)ccc1Cl. The van der Waals surface area contributed by atoms with Crippen LogP contribution < -0.4 is 10.5 Å². The molecule has 2 nitrogen and oxygen atoms in total. The van der Waals surface area contributed by atoms with E-state index in [-0.39, 0.29) is 5.41 Å². The molecule has 22 heavy (non-hydrogen) atoms. The number of rotatable bonds is 7. The van der Waals surface area contributed by atoms with Crippen LogP contribution >= 0.6 is 11.6 Å². The summed E-state index contributed by atoms with van der Waals surface area (Å²) in [6, 6.07) is 16.2. The molecule has 0 amide bonds. The molecule has 0 saturated carbocycles. The molecule has 0 fully saturated rings. The number of aryl methyl sites for hydroxylation is 1. The Morgan fingerprint density at radius 3 is 2.50 bits per heavy atom. The summed E-state index contributed by atoms with van der Waals surface area (Å²) in [6.07, 6.45) is 1.96. The molecule has 0 aliphatic carbocycles. The van der Waals surface area contributed by atoms with Gasteiger partial charge in [-0.25, -0.2) is 0 Å². The predicted octanol–water partition coefficient (Wildman–Crippen LogP) is 4.72. The van der Waals surface area contributed by atoms with Gasteiger partial charge in [0.05, 0.1) is 6.61 Å². The fraction of sp³-hybridized carbons (Fsp3) is 0.368. The zero-order chi connectivity index (χ0) is 16.0. The van der Waals surface area contributed by atoms with Gasteiger partial charge >= 0.3 is 0 Å². The maximum atomic E-state index is 6.02. The summed E-state index contributed by atoms with van der Waals surface area (Å²) in [5.74, 6) is 0.871. The highest BCUT2D eigenvalue weighted by Crippen LogP contribution is 2.28. The molecule has 0 aromatic heterocycles. The van der Waals surface area contributed by atoms with Gasteiger partial charge in [-0.2, -0.15) is 0 Å². The molecule has 0 bridgehead atoms. The van der Waals surface area contributed by atoms with E-state index in [0.29, 0.717) is 13.2 Å². The van der Waals surface area contributed by atoms with Crippen LogP contribution in [0.3, 0.4) is 0 Å². The summed E-state index contributed by atoms with van der Waals surface area (Å²) in [4.78, 5) is 0. The standard InChI is InChI=1S/C19H24ClNO/c1-15-13-17(9-10-18(15)20)22-12-6-11-19(2,14-21)16-7-4-3-5-8-16/h3-5,7-10,13H,6,11-12,14,21H2,1-2H3. The molecular weight excluding hydrogens is 294 g/mol. The molecule has 0 aliphatic heterocycles. The zero-order valence-electron chi connectivity index (χ0n) is 13.3. The van der Waals surface area contributed by atoms with Crippen LogP contribution in [-0.4, -0.2) is 13.2 Å². The third-order valence-electron chi connectivity index (χ3n) is 4.19. The Morgan fingerprint density at radius 2 is 1.86 bits per heavy atom. The lowest BCUT2D eigenvalue weighted by atomic mass is 9.79. The van der Waals surface area contributed by atoms with Crippen molar-refractivity contribution in [2.45, 2.75) is 32.1 Å². The van der Waals surface area contributed by atoms with E-state index in [2.05, 4.69) is 31.2 Å². The fourth-order valence-corrected chi connectivity index (χ4v) is 2.68. The second-order valence-electron chi connectivity index (χ2n) is 5.99. The molecule has 0 radical (unpaired) electrons. The maximum Gasteiger partial charge on any atom is 0.119 e. The Morgan fingerprint density at radius 1 is 1.14 bits per heavy atom. The average molecular weight is 318 g/mol. The van der Waals surface area contributed by atoms with Crippen LogP contribution in [0.4, 0.5) is 0 Å². The van der Waals surface area contributed by atoms with Gasteiger partial charge in [-0.1, -0.05) is 48.9 Å². The van der Waals surface area contributed by atoms with Gasteiger partial charge in [0, 0.05) is 17.0 Å². The van der Waals surface area contributed by atoms with Crippen molar-refractivity contribution >= 4 is 11.6 Å². The Kier molecular flexibility index (Phi) is 5.87. The number of benzene rings is 2. The molecule has 1 unspecified atom stereocenters. The molecule has 118 valence electrons. The smallest absolute Gasteiger partial charge is 0.119 e. The Hall–Kier alpha value is -1.51. The van der Waals surface area contributed by atoms with E-state index in [1.807, 2.05) is 31.2 Å². The lowest BCUT2D eigenvalue weighted by Gasteiger charge is -2.28. The van der Waals surface area contributed by atoms with Crippen molar-refractivity contribution < 1.29 is 4.74 Å². The van der Waals surface area contributed by atoms with E-state index in [4.69, 9.17) is 22.1 Å². The van der Waals surface area contributed by atoms with Crippen molar-refractivity contribution in [2.75, 3.05) is 13.2 Å². The lowest BCUT2D eigenvalue weighted by Crippen LogP contribution is -2.32. The Balaban J connectivity index is 1.88. The van der Waals surface area contributed by atoms with Crippen LogP contribution in [0.5, 0.6) is 5.75 Å². The Labute approximate surface area is 138 Å². The Bertz CT molecular complexity index is 600. The van der Waals surface area contributed by atoms with E-state index in [9.17, 15) is 0 Å². The third-order valence-corrected chi connectivity index (χ3v) is 4.62. The summed E-state index contributed by atoms with van der Waals surface area (Å²) < 4.78 is 5.82. The van der Waals surface area contributed by atoms with Crippen molar-refractivity contribution in [1.82, 2.24) is 0 Å².